The molecule has 0 radical (unpaired) electrons. The molecule has 0 bridgehead atoms. The normalized spacial score (nSPS) is 13.0. The van der Waals surface area contributed by atoms with Crippen LogP contribution in [-0.2, 0) is 17.8 Å². The summed E-state index contributed by atoms with van der Waals surface area (Å²) in [6.45, 7) is 2.01. The van der Waals surface area contributed by atoms with E-state index in [1.165, 1.54) is 5.56 Å². The van der Waals surface area contributed by atoms with Gasteiger partial charge in [-0.2, -0.15) is 0 Å². The van der Waals surface area contributed by atoms with Gasteiger partial charge < -0.3 is 25.0 Å². The molecule has 0 unspecified atom stereocenters. The Hall–Kier alpha value is -3.22. The average Bonchev–Trinajstić information content (AvgIpc) is 3.22. The van der Waals surface area contributed by atoms with Gasteiger partial charge in [-0.05, 0) is 36.6 Å². The molecule has 0 saturated carbocycles. The van der Waals surface area contributed by atoms with Gasteiger partial charge in [-0.3, -0.25) is 9.79 Å². The average molecular weight is 411 g/mol. The van der Waals surface area contributed by atoms with Gasteiger partial charge in [0.05, 0.1) is 14.2 Å². The van der Waals surface area contributed by atoms with Crippen LogP contribution in [0, 0.1) is 0 Å². The fourth-order valence-electron chi connectivity index (χ4n) is 3.58. The van der Waals surface area contributed by atoms with Crippen molar-refractivity contribution < 1.29 is 14.3 Å². The van der Waals surface area contributed by atoms with Gasteiger partial charge in [0.2, 0.25) is 5.91 Å². The van der Waals surface area contributed by atoms with Crippen LogP contribution in [0.25, 0.3) is 0 Å². The maximum absolute atomic E-state index is 12.6. The zero-order chi connectivity index (χ0) is 21.3. The van der Waals surface area contributed by atoms with Gasteiger partial charge in [-0.15, -0.1) is 0 Å². The molecule has 2 aromatic rings. The molecule has 3 rings (SSSR count). The van der Waals surface area contributed by atoms with Crippen molar-refractivity contribution in [3.8, 4) is 11.5 Å². The van der Waals surface area contributed by atoms with Crippen LogP contribution in [0.5, 0.6) is 11.5 Å². The number of hydrogen-bond acceptors (Lipinski definition) is 4. The molecule has 0 atom stereocenters. The Morgan fingerprint density at radius 1 is 1.13 bits per heavy atom. The summed E-state index contributed by atoms with van der Waals surface area (Å²) in [5.41, 5.74) is 3.31. The standard InChI is InChI=1S/C23H30N4O3/c1-24-23(26-16-18-10-11-19(29-2)15-21(18)30-3)25-13-6-9-22(28)27-14-12-17-7-4-5-8-20(17)27/h4-5,7-8,10-11,15H,6,9,12-14,16H2,1-3H3,(H2,24,25,26). The quantitative estimate of drug-likeness (QED) is 0.398. The van der Waals surface area contributed by atoms with Crippen molar-refractivity contribution in [2.24, 2.45) is 4.99 Å². The van der Waals surface area contributed by atoms with Gasteiger partial charge in [0.25, 0.3) is 0 Å². The summed E-state index contributed by atoms with van der Waals surface area (Å²) in [4.78, 5) is 18.7. The molecule has 1 aliphatic heterocycles. The Bertz CT molecular complexity index is 898. The topological polar surface area (TPSA) is 75.2 Å². The lowest BCUT2D eigenvalue weighted by Gasteiger charge is -2.18. The first-order chi connectivity index (χ1) is 14.7. The Balaban J connectivity index is 1.43. The largest absolute Gasteiger partial charge is 0.497 e. The summed E-state index contributed by atoms with van der Waals surface area (Å²) < 4.78 is 10.7. The minimum atomic E-state index is 0.174. The van der Waals surface area contributed by atoms with Gasteiger partial charge >= 0.3 is 0 Å². The monoisotopic (exact) mass is 410 g/mol. The van der Waals surface area contributed by atoms with Crippen molar-refractivity contribution in [1.82, 2.24) is 10.6 Å². The highest BCUT2D eigenvalue weighted by atomic mass is 16.5. The number of nitrogens with zero attached hydrogens (tertiary/aromatic N) is 2. The first-order valence-electron chi connectivity index (χ1n) is 10.2. The molecule has 0 fully saturated rings. The van der Waals surface area contributed by atoms with Crippen LogP contribution in [0.4, 0.5) is 5.69 Å². The molecule has 160 valence electrons. The van der Waals surface area contributed by atoms with Crippen LogP contribution in [0.3, 0.4) is 0 Å². The molecular weight excluding hydrogens is 380 g/mol. The zero-order valence-corrected chi connectivity index (χ0v) is 17.9. The highest BCUT2D eigenvalue weighted by Gasteiger charge is 2.23. The second kappa shape index (κ2) is 10.5. The summed E-state index contributed by atoms with van der Waals surface area (Å²) in [5, 5.41) is 6.54. The Kier molecular flexibility index (Phi) is 7.54. The van der Waals surface area contributed by atoms with E-state index < -0.39 is 0 Å². The number of carbonyl (C=O) groups is 1. The summed E-state index contributed by atoms with van der Waals surface area (Å²) in [6.07, 6.45) is 2.18. The number of rotatable bonds is 8. The molecule has 7 nitrogen and oxygen atoms in total. The molecule has 2 N–H and O–H groups in total. The Labute approximate surface area is 178 Å². The summed E-state index contributed by atoms with van der Waals surface area (Å²) in [5.74, 6) is 2.37. The molecule has 0 aromatic heterocycles. The number of guanidine groups is 1. The number of methoxy groups -OCH3 is 2. The number of anilines is 1. The molecule has 0 aliphatic carbocycles. The van der Waals surface area contributed by atoms with Crippen molar-refractivity contribution in [3.63, 3.8) is 0 Å². The predicted molar refractivity (Wildman–Crippen MR) is 119 cm³/mol. The van der Waals surface area contributed by atoms with Crippen LogP contribution in [0.1, 0.15) is 24.0 Å². The number of fused-ring (bicyclic) bond motifs is 1. The van der Waals surface area contributed by atoms with Crippen LogP contribution >= 0.6 is 0 Å². The smallest absolute Gasteiger partial charge is 0.227 e. The number of benzene rings is 2. The summed E-state index contributed by atoms with van der Waals surface area (Å²) in [6, 6.07) is 13.9. The molecule has 1 heterocycles. The molecule has 2 aromatic carbocycles. The number of carbonyl (C=O) groups excluding carboxylic acids is 1. The number of hydrogen-bond donors (Lipinski definition) is 2. The lowest BCUT2D eigenvalue weighted by molar-refractivity contribution is -0.118. The lowest BCUT2D eigenvalue weighted by Crippen LogP contribution is -2.38. The molecular formula is C23H30N4O3. The van der Waals surface area contributed by atoms with Crippen LogP contribution in [-0.4, -0.2) is 46.2 Å². The van der Waals surface area contributed by atoms with E-state index in [-0.39, 0.29) is 5.91 Å². The molecule has 1 aliphatic rings. The number of nitrogens with one attached hydrogen (secondary N) is 2. The van der Waals surface area contributed by atoms with E-state index in [1.807, 2.05) is 41.3 Å². The van der Waals surface area contributed by atoms with E-state index in [0.717, 1.165) is 42.1 Å². The van der Waals surface area contributed by atoms with Crippen LogP contribution in [0.2, 0.25) is 0 Å². The third kappa shape index (κ3) is 5.23. The molecule has 7 heteroatoms. The lowest BCUT2D eigenvalue weighted by atomic mass is 10.2. The molecule has 30 heavy (non-hydrogen) atoms. The fraction of sp³-hybridized carbons (Fsp3) is 0.391. The molecule has 0 spiro atoms. The summed E-state index contributed by atoms with van der Waals surface area (Å²) >= 11 is 0. The maximum atomic E-state index is 12.6. The summed E-state index contributed by atoms with van der Waals surface area (Å²) in [7, 11) is 5.00. The van der Waals surface area contributed by atoms with Gasteiger partial charge in [0.15, 0.2) is 5.96 Å². The van der Waals surface area contributed by atoms with Crippen molar-refractivity contribution in [1.29, 1.82) is 0 Å². The second-order valence-electron chi connectivity index (χ2n) is 7.06. The minimum Gasteiger partial charge on any atom is -0.497 e. The number of aliphatic imine (C=N–C) groups is 1. The minimum absolute atomic E-state index is 0.174. The van der Waals surface area contributed by atoms with E-state index in [0.29, 0.717) is 25.5 Å². The van der Waals surface area contributed by atoms with E-state index in [4.69, 9.17) is 9.47 Å². The fourth-order valence-corrected chi connectivity index (χ4v) is 3.58. The van der Waals surface area contributed by atoms with Crippen molar-refractivity contribution in [2.75, 3.05) is 39.3 Å². The predicted octanol–water partition coefficient (Wildman–Crippen LogP) is 2.74. The highest BCUT2D eigenvalue weighted by Crippen LogP contribution is 2.28. The maximum Gasteiger partial charge on any atom is 0.227 e. The highest BCUT2D eigenvalue weighted by molar-refractivity contribution is 5.95. The molecule has 1 amide bonds. The number of ether oxygens (including phenoxy) is 2. The van der Waals surface area contributed by atoms with Gasteiger partial charge in [-0.1, -0.05) is 18.2 Å². The molecule has 0 saturated heterocycles. The third-order valence-electron chi connectivity index (χ3n) is 5.21. The first-order valence-corrected chi connectivity index (χ1v) is 10.2. The van der Waals surface area contributed by atoms with Crippen molar-refractivity contribution in [2.45, 2.75) is 25.8 Å². The zero-order valence-electron chi connectivity index (χ0n) is 17.9. The first kappa shape index (κ1) is 21.5. The third-order valence-corrected chi connectivity index (χ3v) is 5.21. The second-order valence-corrected chi connectivity index (χ2v) is 7.06. The van der Waals surface area contributed by atoms with Crippen LogP contribution < -0.4 is 25.0 Å². The van der Waals surface area contributed by atoms with Crippen molar-refractivity contribution >= 4 is 17.6 Å². The number of amides is 1. The van der Waals surface area contributed by atoms with Crippen molar-refractivity contribution in [3.05, 3.63) is 53.6 Å². The SMILES string of the molecule is CN=C(NCCCC(=O)N1CCc2ccccc21)NCc1ccc(OC)cc1OC. The van der Waals surface area contributed by atoms with Gasteiger partial charge in [0, 0.05) is 50.4 Å². The van der Waals surface area contributed by atoms with Gasteiger partial charge in [0.1, 0.15) is 11.5 Å². The van der Waals surface area contributed by atoms with E-state index in [1.54, 1.807) is 21.3 Å². The van der Waals surface area contributed by atoms with Crippen LogP contribution in [0.15, 0.2) is 47.5 Å². The Morgan fingerprint density at radius 2 is 1.97 bits per heavy atom. The van der Waals surface area contributed by atoms with E-state index in [9.17, 15) is 4.79 Å². The van der Waals surface area contributed by atoms with E-state index in [2.05, 4.69) is 21.7 Å². The Morgan fingerprint density at radius 3 is 2.73 bits per heavy atom. The van der Waals surface area contributed by atoms with E-state index >= 15 is 0 Å². The number of para-hydroxylation sites is 1. The van der Waals surface area contributed by atoms with Gasteiger partial charge in [-0.25, -0.2) is 0 Å².